The summed E-state index contributed by atoms with van der Waals surface area (Å²) in [4.78, 5) is 8.63. The lowest BCUT2D eigenvalue weighted by Gasteiger charge is -2.33. The predicted molar refractivity (Wildman–Crippen MR) is 122 cm³/mol. The first-order chi connectivity index (χ1) is 11.8. The Kier molecular flexibility index (Phi) is 9.05. The van der Waals surface area contributed by atoms with Crippen molar-refractivity contribution in [3.05, 3.63) is 39.9 Å². The molecule has 0 radical (unpaired) electrons. The predicted octanol–water partition coefficient (Wildman–Crippen LogP) is 4.19. The average Bonchev–Trinajstić information content (AvgIpc) is 3.29. The Hall–Kier alpha value is -0.800. The topological polar surface area (TPSA) is 39.7 Å². The van der Waals surface area contributed by atoms with Crippen molar-refractivity contribution in [1.29, 1.82) is 0 Å². The zero-order valence-electron chi connectivity index (χ0n) is 14.6. The van der Waals surface area contributed by atoms with Crippen LogP contribution in [0, 0.1) is 0 Å². The summed E-state index contributed by atoms with van der Waals surface area (Å²) >= 11 is 3.64. The summed E-state index contributed by atoms with van der Waals surface area (Å²) in [6.07, 6.45) is 3.34. The molecule has 2 aromatic rings. The Bertz CT molecular complexity index is 605. The molecule has 25 heavy (non-hydrogen) atoms. The number of halogens is 1. The normalized spacial score (nSPS) is 15.7. The smallest absolute Gasteiger partial charge is 0.191 e. The van der Waals surface area contributed by atoms with Gasteiger partial charge in [0.15, 0.2) is 5.96 Å². The Morgan fingerprint density at radius 3 is 2.60 bits per heavy atom. The van der Waals surface area contributed by atoms with E-state index in [9.17, 15) is 0 Å². The zero-order chi connectivity index (χ0) is 16.6. The van der Waals surface area contributed by atoms with Gasteiger partial charge in [-0.1, -0.05) is 6.07 Å². The summed E-state index contributed by atoms with van der Waals surface area (Å²) in [6, 6.07) is 9.15. The first-order valence-corrected chi connectivity index (χ1v) is 10.5. The molecular formula is C18H27IN4S2. The molecule has 0 spiro atoms. The van der Waals surface area contributed by atoms with E-state index in [0.717, 1.165) is 51.4 Å². The van der Waals surface area contributed by atoms with Crippen molar-refractivity contribution in [2.45, 2.75) is 32.2 Å². The largest absolute Gasteiger partial charge is 0.363 e. The SMILES string of the molecule is CCNC(=NCCc1cccs1)NC1CCN(c2cccs2)CC1.I. The third-order valence-corrected chi connectivity index (χ3v) is 6.07. The van der Waals surface area contributed by atoms with E-state index in [2.05, 4.69) is 57.5 Å². The molecule has 1 aliphatic heterocycles. The monoisotopic (exact) mass is 490 g/mol. The highest BCUT2D eigenvalue weighted by atomic mass is 127. The number of aliphatic imine (C=N–C) groups is 1. The molecule has 0 amide bonds. The van der Waals surface area contributed by atoms with Crippen molar-refractivity contribution in [2.24, 2.45) is 4.99 Å². The highest BCUT2D eigenvalue weighted by Gasteiger charge is 2.20. The van der Waals surface area contributed by atoms with Crippen LogP contribution in [0.5, 0.6) is 0 Å². The molecule has 2 N–H and O–H groups in total. The second-order valence-corrected chi connectivity index (χ2v) is 7.91. The number of thiophene rings is 2. The number of anilines is 1. The Labute approximate surface area is 175 Å². The first kappa shape index (κ1) is 20.5. The lowest BCUT2D eigenvalue weighted by atomic mass is 10.1. The molecule has 1 saturated heterocycles. The Morgan fingerprint density at radius 1 is 1.20 bits per heavy atom. The molecule has 0 aliphatic carbocycles. The van der Waals surface area contributed by atoms with Crippen LogP contribution < -0.4 is 15.5 Å². The summed E-state index contributed by atoms with van der Waals surface area (Å²) in [6.45, 7) is 6.10. The molecule has 3 rings (SSSR count). The maximum Gasteiger partial charge on any atom is 0.191 e. The number of rotatable bonds is 6. The highest BCUT2D eigenvalue weighted by Crippen LogP contribution is 2.24. The van der Waals surface area contributed by atoms with Crippen LogP contribution in [0.15, 0.2) is 40.0 Å². The number of guanidine groups is 1. The number of nitrogens with one attached hydrogen (secondary N) is 2. The quantitative estimate of drug-likeness (QED) is 0.363. The lowest BCUT2D eigenvalue weighted by Crippen LogP contribution is -2.48. The molecule has 0 saturated carbocycles. The van der Waals surface area contributed by atoms with Gasteiger partial charge in [-0.15, -0.1) is 46.7 Å². The van der Waals surface area contributed by atoms with Crippen LogP contribution in [0.4, 0.5) is 5.00 Å². The number of hydrogen-bond acceptors (Lipinski definition) is 4. The summed E-state index contributed by atoms with van der Waals surface area (Å²) in [5.74, 6) is 0.962. The van der Waals surface area contributed by atoms with Crippen LogP contribution in [0.25, 0.3) is 0 Å². The van der Waals surface area contributed by atoms with Crippen molar-refractivity contribution < 1.29 is 0 Å². The van der Waals surface area contributed by atoms with Crippen molar-refractivity contribution in [3.8, 4) is 0 Å². The maximum atomic E-state index is 4.74. The molecule has 4 nitrogen and oxygen atoms in total. The van der Waals surface area contributed by atoms with Gasteiger partial charge in [-0.2, -0.15) is 0 Å². The Morgan fingerprint density at radius 2 is 1.96 bits per heavy atom. The van der Waals surface area contributed by atoms with E-state index in [-0.39, 0.29) is 24.0 Å². The van der Waals surface area contributed by atoms with Gasteiger partial charge in [0.05, 0.1) is 5.00 Å². The van der Waals surface area contributed by atoms with E-state index < -0.39 is 0 Å². The third kappa shape index (κ3) is 6.45. The molecule has 0 atom stereocenters. The van der Waals surface area contributed by atoms with E-state index >= 15 is 0 Å². The van der Waals surface area contributed by atoms with E-state index in [1.165, 1.54) is 9.88 Å². The molecule has 138 valence electrons. The van der Waals surface area contributed by atoms with Crippen LogP contribution >= 0.6 is 46.7 Å². The van der Waals surface area contributed by atoms with E-state index in [1.807, 2.05) is 22.7 Å². The van der Waals surface area contributed by atoms with Gasteiger partial charge in [-0.3, -0.25) is 4.99 Å². The minimum atomic E-state index is 0. The lowest BCUT2D eigenvalue weighted by molar-refractivity contribution is 0.463. The van der Waals surface area contributed by atoms with Gasteiger partial charge >= 0.3 is 0 Å². The van der Waals surface area contributed by atoms with Gasteiger partial charge in [0.2, 0.25) is 0 Å². The van der Waals surface area contributed by atoms with Crippen molar-refractivity contribution >= 4 is 57.6 Å². The fourth-order valence-electron chi connectivity index (χ4n) is 2.94. The van der Waals surface area contributed by atoms with Crippen LogP contribution in [-0.2, 0) is 6.42 Å². The van der Waals surface area contributed by atoms with Gasteiger partial charge in [-0.05, 0) is 48.7 Å². The molecule has 7 heteroatoms. The van der Waals surface area contributed by atoms with Gasteiger partial charge in [0.25, 0.3) is 0 Å². The molecular weight excluding hydrogens is 463 g/mol. The second-order valence-electron chi connectivity index (χ2n) is 5.95. The van der Waals surface area contributed by atoms with E-state index in [4.69, 9.17) is 4.99 Å². The fourth-order valence-corrected chi connectivity index (χ4v) is 4.42. The average molecular weight is 490 g/mol. The minimum absolute atomic E-state index is 0. The molecule has 0 aromatic carbocycles. The number of nitrogens with zero attached hydrogens (tertiary/aromatic N) is 2. The maximum absolute atomic E-state index is 4.74. The van der Waals surface area contributed by atoms with Crippen LogP contribution in [-0.4, -0.2) is 38.2 Å². The van der Waals surface area contributed by atoms with Crippen LogP contribution in [0.1, 0.15) is 24.6 Å². The van der Waals surface area contributed by atoms with Gasteiger partial charge in [0.1, 0.15) is 0 Å². The number of hydrogen-bond donors (Lipinski definition) is 2. The van der Waals surface area contributed by atoms with Crippen LogP contribution in [0.2, 0.25) is 0 Å². The Balaban J connectivity index is 0.00000225. The summed E-state index contributed by atoms with van der Waals surface area (Å²) < 4.78 is 0. The van der Waals surface area contributed by atoms with Crippen LogP contribution in [0.3, 0.4) is 0 Å². The highest BCUT2D eigenvalue weighted by molar-refractivity contribution is 14.0. The van der Waals surface area contributed by atoms with Gasteiger partial charge < -0.3 is 15.5 Å². The van der Waals surface area contributed by atoms with Crippen molar-refractivity contribution in [2.75, 3.05) is 31.1 Å². The minimum Gasteiger partial charge on any atom is -0.363 e. The van der Waals surface area contributed by atoms with Gasteiger partial charge in [0, 0.05) is 43.5 Å². The summed E-state index contributed by atoms with van der Waals surface area (Å²) in [5, 5.41) is 12.7. The molecule has 3 heterocycles. The summed E-state index contributed by atoms with van der Waals surface area (Å²) in [7, 11) is 0. The van der Waals surface area contributed by atoms with Crippen molar-refractivity contribution in [3.63, 3.8) is 0 Å². The summed E-state index contributed by atoms with van der Waals surface area (Å²) in [5.41, 5.74) is 0. The standard InChI is InChI=1S/C18H26N4S2.HI/c1-2-19-18(20-10-7-16-5-3-13-23-16)21-15-8-11-22(12-9-15)17-6-4-14-24-17;/h3-6,13-15H,2,7-12H2,1H3,(H2,19,20,21);1H. The zero-order valence-corrected chi connectivity index (χ0v) is 18.6. The third-order valence-electron chi connectivity index (χ3n) is 4.21. The van der Waals surface area contributed by atoms with E-state index in [0.29, 0.717) is 6.04 Å². The van der Waals surface area contributed by atoms with Gasteiger partial charge in [-0.25, -0.2) is 0 Å². The van der Waals surface area contributed by atoms with Crippen molar-refractivity contribution in [1.82, 2.24) is 10.6 Å². The number of piperidine rings is 1. The first-order valence-electron chi connectivity index (χ1n) is 8.71. The fraction of sp³-hybridized carbons (Fsp3) is 0.500. The van der Waals surface area contributed by atoms with E-state index in [1.54, 1.807) is 0 Å². The molecule has 1 aliphatic rings. The molecule has 1 fully saturated rings. The molecule has 0 bridgehead atoms. The molecule has 2 aromatic heterocycles. The molecule has 0 unspecified atom stereocenters. The second kappa shape index (κ2) is 11.0.